The van der Waals surface area contributed by atoms with Crippen LogP contribution in [-0.4, -0.2) is 33.9 Å². The predicted octanol–water partition coefficient (Wildman–Crippen LogP) is 5.26. The fourth-order valence-corrected chi connectivity index (χ4v) is 4.56. The topological polar surface area (TPSA) is 45.6 Å². The zero-order chi connectivity index (χ0) is 22.8. The van der Waals surface area contributed by atoms with E-state index in [1.807, 2.05) is 68.3 Å². The minimum absolute atomic E-state index is 0.0247. The third-order valence-corrected chi connectivity index (χ3v) is 6.06. The molecule has 0 saturated carbocycles. The molecule has 4 rings (SSSR count). The van der Waals surface area contributed by atoms with Crippen molar-refractivity contribution in [1.29, 1.82) is 0 Å². The van der Waals surface area contributed by atoms with E-state index in [1.165, 1.54) is 0 Å². The van der Waals surface area contributed by atoms with Gasteiger partial charge in [0.15, 0.2) is 0 Å². The SMILES string of the molecule is CCCC(=O)N(CC(=O)N1c2ccccc2-n2cccc2C1c1cccc(C)c1)C(C)C. The van der Waals surface area contributed by atoms with Crippen LogP contribution in [0.3, 0.4) is 0 Å². The van der Waals surface area contributed by atoms with Crippen molar-refractivity contribution in [3.05, 3.63) is 83.7 Å². The molecule has 0 radical (unpaired) electrons. The van der Waals surface area contributed by atoms with Crippen molar-refractivity contribution in [1.82, 2.24) is 9.47 Å². The Labute approximate surface area is 190 Å². The van der Waals surface area contributed by atoms with Gasteiger partial charge < -0.3 is 9.47 Å². The Bertz CT molecular complexity index is 1130. The zero-order valence-electron chi connectivity index (χ0n) is 19.3. The standard InChI is InChI=1S/C27H31N3O2/c1-5-10-25(31)29(19(2)3)18-26(32)30-23-14-7-6-13-22(23)28-16-9-15-24(28)27(30)21-12-8-11-20(4)17-21/h6-9,11-17,19,27H,5,10,18H2,1-4H3. The summed E-state index contributed by atoms with van der Waals surface area (Å²) in [4.78, 5) is 30.2. The molecular weight excluding hydrogens is 398 g/mol. The number of amides is 2. The number of anilines is 1. The highest BCUT2D eigenvalue weighted by Crippen LogP contribution is 2.42. The van der Waals surface area contributed by atoms with Crippen LogP contribution in [0.4, 0.5) is 5.69 Å². The second-order valence-corrected chi connectivity index (χ2v) is 8.74. The molecule has 3 aromatic rings. The summed E-state index contributed by atoms with van der Waals surface area (Å²) >= 11 is 0. The maximum absolute atomic E-state index is 13.9. The Morgan fingerprint density at radius 2 is 1.75 bits per heavy atom. The van der Waals surface area contributed by atoms with E-state index in [-0.39, 0.29) is 30.4 Å². The second kappa shape index (κ2) is 9.03. The van der Waals surface area contributed by atoms with Crippen LogP contribution < -0.4 is 4.90 Å². The van der Waals surface area contributed by atoms with Crippen molar-refractivity contribution in [2.45, 2.75) is 52.6 Å². The van der Waals surface area contributed by atoms with Gasteiger partial charge in [0.2, 0.25) is 11.8 Å². The van der Waals surface area contributed by atoms with Crippen molar-refractivity contribution < 1.29 is 9.59 Å². The summed E-state index contributed by atoms with van der Waals surface area (Å²) < 4.78 is 2.16. The minimum Gasteiger partial charge on any atom is -0.331 e. The Kier molecular flexibility index (Phi) is 6.17. The van der Waals surface area contributed by atoms with E-state index in [1.54, 1.807) is 4.90 Å². The van der Waals surface area contributed by atoms with Crippen molar-refractivity contribution >= 4 is 17.5 Å². The molecule has 2 heterocycles. The van der Waals surface area contributed by atoms with Crippen LogP contribution in [0.5, 0.6) is 0 Å². The highest BCUT2D eigenvalue weighted by molar-refractivity contribution is 6.00. The molecule has 0 fully saturated rings. The number of rotatable bonds is 6. The van der Waals surface area contributed by atoms with Crippen LogP contribution in [0.2, 0.25) is 0 Å². The molecule has 2 aromatic carbocycles. The average Bonchev–Trinajstić information content (AvgIpc) is 3.26. The third-order valence-electron chi connectivity index (χ3n) is 6.06. The summed E-state index contributed by atoms with van der Waals surface area (Å²) in [6.45, 7) is 8.05. The van der Waals surface area contributed by atoms with Gasteiger partial charge in [0.1, 0.15) is 12.6 Å². The first kappa shape index (κ1) is 21.9. The quantitative estimate of drug-likeness (QED) is 0.537. The number of hydrogen-bond donors (Lipinski definition) is 0. The van der Waals surface area contributed by atoms with E-state index in [0.29, 0.717) is 6.42 Å². The Balaban J connectivity index is 1.82. The Morgan fingerprint density at radius 1 is 1.00 bits per heavy atom. The number of carbonyl (C=O) groups is 2. The van der Waals surface area contributed by atoms with Crippen LogP contribution in [0.15, 0.2) is 66.9 Å². The number of benzene rings is 2. The fourth-order valence-electron chi connectivity index (χ4n) is 4.56. The van der Waals surface area contributed by atoms with Gasteiger partial charge in [0.05, 0.1) is 17.1 Å². The summed E-state index contributed by atoms with van der Waals surface area (Å²) in [5, 5.41) is 0. The van der Waals surface area contributed by atoms with Crippen LogP contribution >= 0.6 is 0 Å². The normalized spacial score (nSPS) is 14.8. The van der Waals surface area contributed by atoms with Gasteiger partial charge in [-0.1, -0.05) is 48.9 Å². The number of aromatic nitrogens is 1. The summed E-state index contributed by atoms with van der Waals surface area (Å²) in [5.41, 5.74) is 5.08. The molecule has 1 aliphatic heterocycles. The second-order valence-electron chi connectivity index (χ2n) is 8.74. The first-order chi connectivity index (χ1) is 15.4. The fraction of sp³-hybridized carbons (Fsp3) is 0.333. The minimum atomic E-state index is -0.261. The van der Waals surface area contributed by atoms with Crippen LogP contribution in [0.25, 0.3) is 5.69 Å². The number of nitrogens with zero attached hydrogens (tertiary/aromatic N) is 3. The van der Waals surface area contributed by atoms with Gasteiger partial charge in [0.25, 0.3) is 0 Å². The number of hydrogen-bond acceptors (Lipinski definition) is 2. The molecule has 1 aliphatic rings. The monoisotopic (exact) mass is 429 g/mol. The van der Waals surface area contributed by atoms with Gasteiger partial charge in [-0.15, -0.1) is 0 Å². The van der Waals surface area contributed by atoms with Gasteiger partial charge in [-0.3, -0.25) is 14.5 Å². The maximum Gasteiger partial charge on any atom is 0.247 e. The summed E-state index contributed by atoms with van der Waals surface area (Å²) in [5.74, 6) is -0.0498. The lowest BCUT2D eigenvalue weighted by molar-refractivity contribution is -0.137. The lowest BCUT2D eigenvalue weighted by Gasteiger charge is -2.40. The molecule has 1 aromatic heterocycles. The molecule has 5 heteroatoms. The average molecular weight is 430 g/mol. The number of fused-ring (bicyclic) bond motifs is 3. The molecule has 166 valence electrons. The maximum atomic E-state index is 13.9. The summed E-state index contributed by atoms with van der Waals surface area (Å²) in [6, 6.07) is 20.1. The predicted molar refractivity (Wildman–Crippen MR) is 128 cm³/mol. The van der Waals surface area contributed by atoms with E-state index in [9.17, 15) is 9.59 Å². The Hall–Kier alpha value is -3.34. The number of para-hydroxylation sites is 2. The van der Waals surface area contributed by atoms with Gasteiger partial charge in [-0.2, -0.15) is 0 Å². The molecular formula is C27H31N3O2. The van der Waals surface area contributed by atoms with Crippen LogP contribution in [0.1, 0.15) is 56.5 Å². The van der Waals surface area contributed by atoms with Crippen LogP contribution in [-0.2, 0) is 9.59 Å². The van der Waals surface area contributed by atoms with Crippen molar-refractivity contribution in [3.63, 3.8) is 0 Å². The molecule has 5 nitrogen and oxygen atoms in total. The van der Waals surface area contributed by atoms with Crippen molar-refractivity contribution in [3.8, 4) is 5.69 Å². The summed E-state index contributed by atoms with van der Waals surface area (Å²) in [6.07, 6.45) is 3.26. The van der Waals surface area contributed by atoms with Crippen molar-refractivity contribution in [2.75, 3.05) is 11.4 Å². The largest absolute Gasteiger partial charge is 0.331 e. The smallest absolute Gasteiger partial charge is 0.247 e. The number of carbonyl (C=O) groups excluding carboxylic acids is 2. The summed E-state index contributed by atoms with van der Waals surface area (Å²) in [7, 11) is 0. The van der Waals surface area contributed by atoms with Gasteiger partial charge in [0, 0.05) is 18.7 Å². The molecule has 1 atom stereocenters. The molecule has 0 aliphatic carbocycles. The van der Waals surface area contributed by atoms with E-state index in [4.69, 9.17) is 0 Å². The van der Waals surface area contributed by atoms with Gasteiger partial charge >= 0.3 is 0 Å². The van der Waals surface area contributed by atoms with Crippen molar-refractivity contribution in [2.24, 2.45) is 0 Å². The van der Waals surface area contributed by atoms with E-state index < -0.39 is 0 Å². The van der Waals surface area contributed by atoms with Crippen LogP contribution in [0, 0.1) is 6.92 Å². The van der Waals surface area contributed by atoms with E-state index >= 15 is 0 Å². The molecule has 0 N–H and O–H groups in total. The molecule has 0 bridgehead atoms. The molecule has 1 unspecified atom stereocenters. The zero-order valence-corrected chi connectivity index (χ0v) is 19.3. The first-order valence-corrected chi connectivity index (χ1v) is 11.4. The molecule has 32 heavy (non-hydrogen) atoms. The highest BCUT2D eigenvalue weighted by Gasteiger charge is 2.37. The van der Waals surface area contributed by atoms with Gasteiger partial charge in [-0.05, 0) is 57.0 Å². The lowest BCUT2D eigenvalue weighted by atomic mass is 9.96. The first-order valence-electron chi connectivity index (χ1n) is 11.4. The highest BCUT2D eigenvalue weighted by atomic mass is 16.2. The third kappa shape index (κ3) is 3.95. The molecule has 0 spiro atoms. The molecule has 2 amide bonds. The Morgan fingerprint density at radius 3 is 2.44 bits per heavy atom. The number of aryl methyl sites for hydroxylation is 1. The van der Waals surface area contributed by atoms with Gasteiger partial charge in [-0.25, -0.2) is 0 Å². The molecule has 0 saturated heterocycles. The van der Waals surface area contributed by atoms with E-state index in [0.717, 1.165) is 34.6 Å². The lowest BCUT2D eigenvalue weighted by Crippen LogP contribution is -2.48. The van der Waals surface area contributed by atoms with E-state index in [2.05, 4.69) is 35.8 Å².